The highest BCUT2D eigenvalue weighted by Gasteiger charge is 2.33. The molecule has 102 valence electrons. The third-order valence-corrected chi connectivity index (χ3v) is 3.18. The molecule has 0 heterocycles. The number of aliphatic hydroxyl groups excluding tert-OH is 2. The van der Waals surface area contributed by atoms with Gasteiger partial charge < -0.3 is 14.9 Å². The third kappa shape index (κ3) is 5.50. The van der Waals surface area contributed by atoms with Gasteiger partial charge in [-0.25, -0.2) is 0 Å². The van der Waals surface area contributed by atoms with Gasteiger partial charge in [-0.3, -0.25) is 4.79 Å². The van der Waals surface area contributed by atoms with Crippen molar-refractivity contribution in [2.45, 2.75) is 46.5 Å². The topological polar surface area (TPSA) is 66.8 Å². The number of esters is 1. The Morgan fingerprint density at radius 1 is 1.29 bits per heavy atom. The molecule has 0 fully saturated rings. The molecule has 1 atom stereocenters. The number of carbonyl (C=O) groups is 1. The fourth-order valence-corrected chi connectivity index (χ4v) is 1.44. The molecule has 0 aliphatic carbocycles. The monoisotopic (exact) mass is 246 g/mol. The molecule has 0 aromatic heterocycles. The van der Waals surface area contributed by atoms with Crippen LogP contribution in [0, 0.1) is 11.3 Å². The van der Waals surface area contributed by atoms with Gasteiger partial charge in [0.2, 0.25) is 0 Å². The number of rotatable bonds is 9. The van der Waals surface area contributed by atoms with Gasteiger partial charge in [-0.15, -0.1) is 0 Å². The number of carbonyl (C=O) groups excluding carboxylic acids is 1. The summed E-state index contributed by atoms with van der Waals surface area (Å²) in [6.07, 6.45) is 4.29. The lowest BCUT2D eigenvalue weighted by Crippen LogP contribution is -2.37. The van der Waals surface area contributed by atoms with Crippen molar-refractivity contribution < 1.29 is 19.7 Å². The van der Waals surface area contributed by atoms with E-state index in [1.165, 1.54) is 6.92 Å². The molecule has 0 rings (SSSR count). The molecule has 1 unspecified atom stereocenters. The van der Waals surface area contributed by atoms with Gasteiger partial charge in [0.15, 0.2) is 0 Å². The zero-order chi connectivity index (χ0) is 13.3. The van der Waals surface area contributed by atoms with E-state index in [9.17, 15) is 4.79 Å². The van der Waals surface area contributed by atoms with Gasteiger partial charge >= 0.3 is 5.97 Å². The molecular formula is C13H26O4. The maximum Gasteiger partial charge on any atom is 0.316 e. The molecule has 2 N–H and O–H groups in total. The lowest BCUT2D eigenvalue weighted by molar-refractivity contribution is -0.161. The van der Waals surface area contributed by atoms with Crippen LogP contribution in [0.5, 0.6) is 0 Å². The van der Waals surface area contributed by atoms with Crippen molar-refractivity contribution in [2.24, 2.45) is 11.3 Å². The van der Waals surface area contributed by atoms with Gasteiger partial charge in [-0.1, -0.05) is 33.1 Å². The van der Waals surface area contributed by atoms with Crippen LogP contribution in [0.3, 0.4) is 0 Å². The summed E-state index contributed by atoms with van der Waals surface area (Å²) in [6, 6.07) is 0. The highest BCUT2D eigenvalue weighted by molar-refractivity contribution is 5.76. The molecule has 0 saturated heterocycles. The summed E-state index contributed by atoms with van der Waals surface area (Å²) in [4.78, 5) is 11.7. The molecule has 0 aliphatic rings. The van der Waals surface area contributed by atoms with Crippen molar-refractivity contribution in [2.75, 3.05) is 19.8 Å². The van der Waals surface area contributed by atoms with Crippen molar-refractivity contribution >= 4 is 5.97 Å². The van der Waals surface area contributed by atoms with Gasteiger partial charge in [-0.05, 0) is 19.3 Å². The zero-order valence-corrected chi connectivity index (χ0v) is 11.2. The van der Waals surface area contributed by atoms with Crippen molar-refractivity contribution in [3.05, 3.63) is 0 Å². The van der Waals surface area contributed by atoms with E-state index in [4.69, 9.17) is 14.9 Å². The molecule has 0 bridgehead atoms. The van der Waals surface area contributed by atoms with Crippen LogP contribution in [0.1, 0.15) is 46.5 Å². The predicted molar refractivity (Wildman–Crippen MR) is 66.5 cm³/mol. The van der Waals surface area contributed by atoms with Crippen molar-refractivity contribution in [3.63, 3.8) is 0 Å². The number of hydrogen-bond donors (Lipinski definition) is 2. The van der Waals surface area contributed by atoms with Crippen LogP contribution in [-0.2, 0) is 9.53 Å². The number of aliphatic hydroxyl groups is 2. The normalized spacial score (nSPS) is 13.5. The van der Waals surface area contributed by atoms with Gasteiger partial charge in [0.05, 0.1) is 19.8 Å². The summed E-state index contributed by atoms with van der Waals surface area (Å²) in [6.45, 7) is 5.30. The van der Waals surface area contributed by atoms with Gasteiger partial charge in [0.25, 0.3) is 0 Å². The van der Waals surface area contributed by atoms with Crippen molar-refractivity contribution in [1.29, 1.82) is 0 Å². The van der Waals surface area contributed by atoms with E-state index >= 15 is 0 Å². The Hall–Kier alpha value is -0.610. The first-order valence-electron chi connectivity index (χ1n) is 6.43. The summed E-state index contributed by atoms with van der Waals surface area (Å²) in [7, 11) is 0. The van der Waals surface area contributed by atoms with Crippen LogP contribution < -0.4 is 0 Å². The molecule has 17 heavy (non-hydrogen) atoms. The van der Waals surface area contributed by atoms with E-state index in [0.29, 0.717) is 12.5 Å². The van der Waals surface area contributed by atoms with Crippen LogP contribution in [0.15, 0.2) is 0 Å². The predicted octanol–water partition coefficient (Wildman–Crippen LogP) is 1.74. The largest absolute Gasteiger partial charge is 0.465 e. The van der Waals surface area contributed by atoms with E-state index in [1.807, 2.05) is 0 Å². The minimum absolute atomic E-state index is 0.375. The second-order valence-corrected chi connectivity index (χ2v) is 4.89. The summed E-state index contributed by atoms with van der Waals surface area (Å²) < 4.78 is 5.18. The molecule has 0 radical (unpaired) electrons. The van der Waals surface area contributed by atoms with Gasteiger partial charge in [0, 0.05) is 0 Å². The lowest BCUT2D eigenvalue weighted by atomic mass is 9.93. The van der Waals surface area contributed by atoms with Crippen LogP contribution in [0.2, 0.25) is 0 Å². The fraction of sp³-hybridized carbons (Fsp3) is 0.923. The molecule has 4 nitrogen and oxygen atoms in total. The van der Waals surface area contributed by atoms with E-state index in [0.717, 1.165) is 25.7 Å². The molecule has 4 heteroatoms. The summed E-state index contributed by atoms with van der Waals surface area (Å²) in [5.41, 5.74) is -1.18. The minimum Gasteiger partial charge on any atom is -0.465 e. The Balaban J connectivity index is 4.11. The van der Waals surface area contributed by atoms with E-state index < -0.39 is 24.6 Å². The van der Waals surface area contributed by atoms with Crippen LogP contribution >= 0.6 is 0 Å². The molecule has 0 amide bonds. The Bertz CT molecular complexity index is 211. The number of unbranched alkanes of at least 4 members (excludes halogenated alkanes) is 1. The van der Waals surface area contributed by atoms with E-state index in [2.05, 4.69) is 13.8 Å². The van der Waals surface area contributed by atoms with Gasteiger partial charge in [0.1, 0.15) is 5.41 Å². The SMILES string of the molecule is CCCCC(CC)COC(=O)C(C)(CO)CO. The number of ether oxygens (including phenoxy) is 1. The second-order valence-electron chi connectivity index (χ2n) is 4.89. The average Bonchev–Trinajstić information content (AvgIpc) is 2.37. The smallest absolute Gasteiger partial charge is 0.316 e. The van der Waals surface area contributed by atoms with E-state index in [-0.39, 0.29) is 0 Å². The maximum absolute atomic E-state index is 11.7. The first-order valence-corrected chi connectivity index (χ1v) is 6.43. The molecule has 0 aromatic carbocycles. The Morgan fingerprint density at radius 3 is 2.29 bits per heavy atom. The van der Waals surface area contributed by atoms with Crippen LogP contribution in [0.25, 0.3) is 0 Å². The summed E-state index contributed by atoms with van der Waals surface area (Å²) in [5.74, 6) is -0.141. The average molecular weight is 246 g/mol. The fourth-order valence-electron chi connectivity index (χ4n) is 1.44. The van der Waals surface area contributed by atoms with Crippen LogP contribution in [-0.4, -0.2) is 36.0 Å². The summed E-state index contributed by atoms with van der Waals surface area (Å²) in [5, 5.41) is 18.1. The Morgan fingerprint density at radius 2 is 1.88 bits per heavy atom. The van der Waals surface area contributed by atoms with Crippen molar-refractivity contribution in [1.82, 2.24) is 0 Å². The molecular weight excluding hydrogens is 220 g/mol. The Labute approximate surface area is 104 Å². The molecule has 0 spiro atoms. The lowest BCUT2D eigenvalue weighted by Gasteiger charge is -2.24. The Kier molecular flexibility index (Phi) is 8.17. The first-order chi connectivity index (χ1) is 8.03. The van der Waals surface area contributed by atoms with Crippen molar-refractivity contribution in [3.8, 4) is 0 Å². The quantitative estimate of drug-likeness (QED) is 0.608. The van der Waals surface area contributed by atoms with E-state index in [1.54, 1.807) is 0 Å². The molecule has 0 aromatic rings. The zero-order valence-electron chi connectivity index (χ0n) is 11.2. The highest BCUT2D eigenvalue weighted by Crippen LogP contribution is 2.19. The highest BCUT2D eigenvalue weighted by atomic mass is 16.5. The maximum atomic E-state index is 11.7. The molecule has 0 aliphatic heterocycles. The third-order valence-electron chi connectivity index (χ3n) is 3.18. The second kappa shape index (κ2) is 8.48. The minimum atomic E-state index is -1.18. The standard InChI is InChI=1S/C13H26O4/c1-4-6-7-11(5-2)8-17-12(16)13(3,9-14)10-15/h11,14-15H,4-10H2,1-3H3. The summed E-state index contributed by atoms with van der Waals surface area (Å²) >= 11 is 0. The molecule has 0 saturated carbocycles. The number of hydrogen-bond acceptors (Lipinski definition) is 4. The van der Waals surface area contributed by atoms with Gasteiger partial charge in [-0.2, -0.15) is 0 Å². The first kappa shape index (κ1) is 16.4. The van der Waals surface area contributed by atoms with Crippen LogP contribution in [0.4, 0.5) is 0 Å².